The molecule has 10 heavy (non-hydrogen) atoms. The van der Waals surface area contributed by atoms with Crippen LogP contribution < -0.4 is 5.73 Å². The summed E-state index contributed by atoms with van der Waals surface area (Å²) < 4.78 is 0. The fourth-order valence-electron chi connectivity index (χ4n) is 0.442. The molecule has 0 saturated carbocycles. The number of halogens is 1. The van der Waals surface area contributed by atoms with Gasteiger partial charge in [0.15, 0.2) is 0 Å². The highest BCUT2D eigenvalue weighted by Crippen LogP contribution is 2.05. The van der Waals surface area contributed by atoms with Crippen molar-refractivity contribution in [3.05, 3.63) is 11.1 Å². The minimum absolute atomic E-state index is 0.788. The first-order valence-corrected chi connectivity index (χ1v) is 4.90. The Morgan fingerprint density at radius 2 is 2.40 bits per heavy atom. The van der Waals surface area contributed by atoms with Crippen molar-refractivity contribution in [3.63, 3.8) is 0 Å². The Kier molecular flexibility index (Phi) is 7.70. The topological polar surface area (TPSA) is 26.0 Å². The molecular weight excluding hydrogens is 166 g/mol. The molecule has 0 fully saturated rings. The van der Waals surface area contributed by atoms with Gasteiger partial charge in [0.1, 0.15) is 0 Å². The first kappa shape index (κ1) is 10.3. The van der Waals surface area contributed by atoms with E-state index in [-0.39, 0.29) is 0 Å². The summed E-state index contributed by atoms with van der Waals surface area (Å²) in [5, 5.41) is 0.875. The molecule has 0 amide bonds. The molecule has 0 aliphatic rings. The van der Waals surface area contributed by atoms with Gasteiger partial charge in [0.05, 0.1) is 0 Å². The molecule has 3 heteroatoms. The zero-order valence-electron chi connectivity index (χ0n) is 6.27. The lowest BCUT2D eigenvalue weighted by Crippen LogP contribution is -1.99. The molecule has 0 heterocycles. The van der Waals surface area contributed by atoms with E-state index in [2.05, 4.69) is 0 Å². The van der Waals surface area contributed by atoms with Crippen molar-refractivity contribution < 1.29 is 0 Å². The summed E-state index contributed by atoms with van der Waals surface area (Å²) in [7, 11) is 0. The summed E-state index contributed by atoms with van der Waals surface area (Å²) in [6, 6.07) is 0. The van der Waals surface area contributed by atoms with Gasteiger partial charge in [0.25, 0.3) is 0 Å². The second-order valence-corrected chi connectivity index (χ2v) is 3.75. The first-order chi connectivity index (χ1) is 4.77. The quantitative estimate of drug-likeness (QED) is 0.655. The van der Waals surface area contributed by atoms with Crippen molar-refractivity contribution in [2.75, 3.05) is 18.1 Å². The summed E-state index contributed by atoms with van der Waals surface area (Å²) >= 11 is 7.48. The monoisotopic (exact) mass is 179 g/mol. The summed E-state index contributed by atoms with van der Waals surface area (Å²) in [6.45, 7) is 2.68. The van der Waals surface area contributed by atoms with E-state index < -0.39 is 0 Å². The summed E-state index contributed by atoms with van der Waals surface area (Å²) in [4.78, 5) is 0. The molecule has 0 radical (unpaired) electrons. The molecule has 0 aliphatic carbocycles. The van der Waals surface area contributed by atoms with Gasteiger partial charge in [0.2, 0.25) is 0 Å². The van der Waals surface area contributed by atoms with Crippen LogP contribution in [0.3, 0.4) is 0 Å². The van der Waals surface area contributed by atoms with Crippen LogP contribution >= 0.6 is 23.4 Å². The Labute approximate surface area is 72.0 Å². The highest BCUT2D eigenvalue weighted by atomic mass is 35.5. The molecular formula is C7H14ClNS. The average molecular weight is 180 g/mol. The van der Waals surface area contributed by atoms with E-state index >= 15 is 0 Å². The van der Waals surface area contributed by atoms with E-state index in [1.54, 1.807) is 0 Å². The van der Waals surface area contributed by atoms with Crippen LogP contribution in [-0.4, -0.2) is 18.1 Å². The molecule has 0 saturated heterocycles. The van der Waals surface area contributed by atoms with Crippen molar-refractivity contribution in [1.29, 1.82) is 0 Å². The van der Waals surface area contributed by atoms with Gasteiger partial charge in [-0.3, -0.25) is 0 Å². The van der Waals surface area contributed by atoms with Gasteiger partial charge < -0.3 is 5.73 Å². The second kappa shape index (κ2) is 7.45. The smallest absolute Gasteiger partial charge is 0.0127 e. The largest absolute Gasteiger partial charge is 0.330 e. The molecule has 0 spiro atoms. The summed E-state index contributed by atoms with van der Waals surface area (Å²) in [5.41, 5.74) is 5.32. The number of thioether (sulfide) groups is 1. The van der Waals surface area contributed by atoms with Crippen LogP contribution in [0.25, 0.3) is 0 Å². The Balaban J connectivity index is 2.98. The molecule has 0 aromatic carbocycles. The van der Waals surface area contributed by atoms with Crippen LogP contribution in [0.5, 0.6) is 0 Å². The van der Waals surface area contributed by atoms with E-state index in [4.69, 9.17) is 17.3 Å². The zero-order valence-corrected chi connectivity index (χ0v) is 7.84. The van der Waals surface area contributed by atoms with E-state index in [0.717, 1.165) is 29.5 Å². The Bertz CT molecular complexity index is 99.8. The third-order valence-corrected chi connectivity index (χ3v) is 2.11. The predicted octanol–water partition coefficient (Wildman–Crippen LogP) is 2.21. The minimum atomic E-state index is 0.788. The van der Waals surface area contributed by atoms with Crippen LogP contribution in [0, 0.1) is 0 Å². The molecule has 0 aromatic heterocycles. The van der Waals surface area contributed by atoms with Gasteiger partial charge in [-0.25, -0.2) is 0 Å². The number of allylic oxidation sites excluding steroid dienone is 1. The highest BCUT2D eigenvalue weighted by molar-refractivity contribution is 7.99. The molecule has 0 unspecified atom stereocenters. The number of nitrogens with two attached hydrogens (primary N) is 1. The Morgan fingerprint density at radius 1 is 1.70 bits per heavy atom. The zero-order chi connectivity index (χ0) is 7.82. The number of rotatable bonds is 5. The van der Waals surface area contributed by atoms with Crippen molar-refractivity contribution in [2.45, 2.75) is 13.3 Å². The molecule has 0 aromatic rings. The van der Waals surface area contributed by atoms with Gasteiger partial charge >= 0.3 is 0 Å². The van der Waals surface area contributed by atoms with Gasteiger partial charge in [-0.2, -0.15) is 11.8 Å². The lowest BCUT2D eigenvalue weighted by atomic mass is 10.5. The fraction of sp³-hybridized carbons (Fsp3) is 0.714. The minimum Gasteiger partial charge on any atom is -0.330 e. The predicted molar refractivity (Wildman–Crippen MR) is 50.6 cm³/mol. The summed E-state index contributed by atoms with van der Waals surface area (Å²) in [6.07, 6.45) is 3.11. The van der Waals surface area contributed by atoms with E-state index in [1.165, 1.54) is 0 Å². The van der Waals surface area contributed by atoms with E-state index in [1.807, 2.05) is 24.8 Å². The third kappa shape index (κ3) is 8.34. The molecule has 0 rings (SSSR count). The van der Waals surface area contributed by atoms with Gasteiger partial charge in [-0.1, -0.05) is 17.7 Å². The summed E-state index contributed by atoms with van der Waals surface area (Å²) in [5.74, 6) is 2.15. The maximum atomic E-state index is 5.61. The molecule has 0 bridgehead atoms. The van der Waals surface area contributed by atoms with Gasteiger partial charge in [-0.05, 0) is 25.6 Å². The van der Waals surface area contributed by atoms with Crippen LogP contribution in [0.4, 0.5) is 0 Å². The Morgan fingerprint density at radius 3 is 2.90 bits per heavy atom. The van der Waals surface area contributed by atoms with Crippen molar-refractivity contribution in [1.82, 2.24) is 0 Å². The normalized spacial score (nSPS) is 12.1. The number of hydrogen-bond donors (Lipinski definition) is 1. The molecule has 0 aliphatic heterocycles. The fourth-order valence-corrected chi connectivity index (χ4v) is 1.52. The van der Waals surface area contributed by atoms with Crippen molar-refractivity contribution in [2.24, 2.45) is 5.73 Å². The molecule has 2 N–H and O–H groups in total. The Hall–Kier alpha value is 0.340. The molecule has 0 atom stereocenters. The standard InChI is InChI=1S/C7H14ClNS/c1-7(8)3-6-10-5-2-4-9/h3H,2,4-6,9H2,1H3/b7-3-. The third-order valence-electron chi connectivity index (χ3n) is 0.975. The van der Waals surface area contributed by atoms with Gasteiger partial charge in [-0.15, -0.1) is 0 Å². The molecule has 1 nitrogen and oxygen atoms in total. The maximum Gasteiger partial charge on any atom is 0.0127 e. The average Bonchev–Trinajstić information content (AvgIpc) is 1.87. The second-order valence-electron chi connectivity index (χ2n) is 2.01. The number of hydrogen-bond acceptors (Lipinski definition) is 2. The van der Waals surface area contributed by atoms with Crippen LogP contribution in [0.1, 0.15) is 13.3 Å². The van der Waals surface area contributed by atoms with Crippen LogP contribution in [0.2, 0.25) is 0 Å². The highest BCUT2D eigenvalue weighted by Gasteiger charge is 1.85. The van der Waals surface area contributed by atoms with Crippen LogP contribution in [0.15, 0.2) is 11.1 Å². The van der Waals surface area contributed by atoms with E-state index in [9.17, 15) is 0 Å². The lowest BCUT2D eigenvalue weighted by molar-refractivity contribution is 0.944. The maximum absolute atomic E-state index is 5.61. The lowest BCUT2D eigenvalue weighted by Gasteiger charge is -1.94. The van der Waals surface area contributed by atoms with E-state index in [0.29, 0.717) is 0 Å². The van der Waals surface area contributed by atoms with Crippen molar-refractivity contribution >= 4 is 23.4 Å². The van der Waals surface area contributed by atoms with Gasteiger partial charge in [0, 0.05) is 10.8 Å². The first-order valence-electron chi connectivity index (χ1n) is 3.37. The van der Waals surface area contributed by atoms with Crippen molar-refractivity contribution in [3.8, 4) is 0 Å². The molecule has 60 valence electrons. The SMILES string of the molecule is C/C(Cl)=C/CSCCCN. The van der Waals surface area contributed by atoms with Crippen LogP contribution in [-0.2, 0) is 0 Å².